The average molecular weight is 324 g/mol. The van der Waals surface area contributed by atoms with Crippen molar-refractivity contribution in [3.05, 3.63) is 0 Å². The van der Waals surface area contributed by atoms with E-state index in [0.29, 0.717) is 5.92 Å². The van der Waals surface area contributed by atoms with Crippen molar-refractivity contribution in [3.63, 3.8) is 0 Å². The van der Waals surface area contributed by atoms with Gasteiger partial charge in [0.2, 0.25) is 0 Å². The molecule has 3 rings (SSSR count). The van der Waals surface area contributed by atoms with Gasteiger partial charge in [0.05, 0.1) is 19.8 Å². The van der Waals surface area contributed by atoms with Crippen molar-refractivity contribution in [2.45, 2.75) is 38.1 Å². The predicted molar refractivity (Wildman–Crippen MR) is 91.6 cm³/mol. The number of piperidine rings is 1. The molecular formula is C17H32N4O2. The minimum Gasteiger partial charge on any atom is -0.381 e. The SMILES string of the molecule is CC1CCCN(C(N)=NCC2(N3CCOCC3)CCOCC2)C1. The highest BCUT2D eigenvalue weighted by Gasteiger charge is 2.39. The van der Waals surface area contributed by atoms with E-state index >= 15 is 0 Å². The zero-order chi connectivity index (χ0) is 16.1. The molecule has 0 spiro atoms. The van der Waals surface area contributed by atoms with Crippen LogP contribution in [0.4, 0.5) is 0 Å². The molecule has 0 bridgehead atoms. The average Bonchev–Trinajstić information content (AvgIpc) is 2.61. The van der Waals surface area contributed by atoms with E-state index in [9.17, 15) is 0 Å². The van der Waals surface area contributed by atoms with E-state index in [-0.39, 0.29) is 5.54 Å². The zero-order valence-corrected chi connectivity index (χ0v) is 14.5. The molecule has 0 amide bonds. The van der Waals surface area contributed by atoms with Crippen molar-refractivity contribution >= 4 is 5.96 Å². The topological polar surface area (TPSA) is 63.3 Å². The van der Waals surface area contributed by atoms with E-state index < -0.39 is 0 Å². The first-order valence-corrected chi connectivity index (χ1v) is 9.15. The van der Waals surface area contributed by atoms with Gasteiger partial charge in [0, 0.05) is 44.9 Å². The van der Waals surface area contributed by atoms with Gasteiger partial charge >= 0.3 is 0 Å². The van der Waals surface area contributed by atoms with Gasteiger partial charge in [-0.1, -0.05) is 6.92 Å². The zero-order valence-electron chi connectivity index (χ0n) is 14.5. The summed E-state index contributed by atoms with van der Waals surface area (Å²) >= 11 is 0. The van der Waals surface area contributed by atoms with Crippen molar-refractivity contribution in [2.24, 2.45) is 16.6 Å². The van der Waals surface area contributed by atoms with Gasteiger partial charge in [0.15, 0.2) is 5.96 Å². The Hall–Kier alpha value is -0.850. The van der Waals surface area contributed by atoms with Crippen LogP contribution in [0.2, 0.25) is 0 Å². The predicted octanol–water partition coefficient (Wildman–Crippen LogP) is 0.914. The first-order chi connectivity index (χ1) is 11.2. The van der Waals surface area contributed by atoms with Gasteiger partial charge in [-0.2, -0.15) is 0 Å². The first kappa shape index (κ1) is 17.0. The van der Waals surface area contributed by atoms with E-state index in [2.05, 4.69) is 16.7 Å². The van der Waals surface area contributed by atoms with Crippen LogP contribution in [0.3, 0.4) is 0 Å². The Morgan fingerprint density at radius 3 is 2.52 bits per heavy atom. The second-order valence-electron chi connectivity index (χ2n) is 7.30. The lowest BCUT2D eigenvalue weighted by molar-refractivity contribution is -0.0668. The first-order valence-electron chi connectivity index (χ1n) is 9.15. The Morgan fingerprint density at radius 1 is 1.13 bits per heavy atom. The number of hydrogen-bond acceptors (Lipinski definition) is 4. The lowest BCUT2D eigenvalue weighted by Gasteiger charge is -2.47. The summed E-state index contributed by atoms with van der Waals surface area (Å²) in [6.07, 6.45) is 4.61. The number of likely N-dealkylation sites (tertiary alicyclic amines) is 1. The highest BCUT2D eigenvalue weighted by atomic mass is 16.5. The van der Waals surface area contributed by atoms with Crippen molar-refractivity contribution in [3.8, 4) is 0 Å². The van der Waals surface area contributed by atoms with E-state index in [0.717, 1.165) is 78.0 Å². The maximum atomic E-state index is 6.32. The third-order valence-corrected chi connectivity index (χ3v) is 5.62. The molecule has 3 fully saturated rings. The molecular weight excluding hydrogens is 292 g/mol. The standard InChI is InChI=1S/C17H32N4O2/c1-15-3-2-6-20(13-15)16(18)19-14-17(4-9-22-10-5-17)21-7-11-23-12-8-21/h15H,2-14H2,1H3,(H2,18,19). The van der Waals surface area contributed by atoms with E-state index in [4.69, 9.17) is 20.2 Å². The van der Waals surface area contributed by atoms with E-state index in [1.54, 1.807) is 0 Å². The number of nitrogens with two attached hydrogens (primary N) is 1. The minimum absolute atomic E-state index is 0.105. The van der Waals surface area contributed by atoms with Crippen LogP contribution >= 0.6 is 0 Å². The van der Waals surface area contributed by atoms with Crippen molar-refractivity contribution < 1.29 is 9.47 Å². The van der Waals surface area contributed by atoms with Crippen LogP contribution in [-0.2, 0) is 9.47 Å². The molecule has 0 aromatic rings. The molecule has 1 atom stereocenters. The lowest BCUT2D eigenvalue weighted by atomic mass is 9.87. The van der Waals surface area contributed by atoms with Crippen LogP contribution in [0.15, 0.2) is 4.99 Å². The second kappa shape index (κ2) is 7.81. The van der Waals surface area contributed by atoms with Crippen LogP contribution in [-0.4, -0.2) is 80.4 Å². The Kier molecular flexibility index (Phi) is 5.77. The van der Waals surface area contributed by atoms with Gasteiger partial charge in [-0.15, -0.1) is 0 Å². The molecule has 23 heavy (non-hydrogen) atoms. The lowest BCUT2D eigenvalue weighted by Crippen LogP contribution is -2.58. The van der Waals surface area contributed by atoms with Crippen LogP contribution in [0.1, 0.15) is 32.6 Å². The number of guanidine groups is 1. The number of rotatable bonds is 3. The van der Waals surface area contributed by atoms with Gasteiger partial charge in [0.25, 0.3) is 0 Å². The third-order valence-electron chi connectivity index (χ3n) is 5.62. The summed E-state index contributed by atoms with van der Waals surface area (Å²) in [5, 5.41) is 0. The maximum Gasteiger partial charge on any atom is 0.191 e. The van der Waals surface area contributed by atoms with Gasteiger partial charge in [0.1, 0.15) is 0 Å². The fraction of sp³-hybridized carbons (Fsp3) is 0.941. The molecule has 132 valence electrons. The molecule has 0 radical (unpaired) electrons. The normalized spacial score (nSPS) is 30.4. The Labute approximate surface area is 140 Å². The van der Waals surface area contributed by atoms with Crippen molar-refractivity contribution in [1.82, 2.24) is 9.80 Å². The molecule has 0 aromatic heterocycles. The highest BCUT2D eigenvalue weighted by molar-refractivity contribution is 5.78. The van der Waals surface area contributed by atoms with Gasteiger partial charge in [-0.25, -0.2) is 0 Å². The number of aliphatic imine (C=N–C) groups is 1. The van der Waals surface area contributed by atoms with Crippen molar-refractivity contribution in [1.29, 1.82) is 0 Å². The maximum absolute atomic E-state index is 6.32. The smallest absolute Gasteiger partial charge is 0.191 e. The second-order valence-corrected chi connectivity index (χ2v) is 7.30. The molecule has 6 heteroatoms. The van der Waals surface area contributed by atoms with E-state index in [1.165, 1.54) is 12.8 Å². The quantitative estimate of drug-likeness (QED) is 0.618. The van der Waals surface area contributed by atoms with Crippen LogP contribution in [0, 0.1) is 5.92 Å². The van der Waals surface area contributed by atoms with Gasteiger partial charge in [-0.3, -0.25) is 9.89 Å². The van der Waals surface area contributed by atoms with Crippen LogP contribution < -0.4 is 5.73 Å². The summed E-state index contributed by atoms with van der Waals surface area (Å²) in [5.41, 5.74) is 6.42. The fourth-order valence-corrected chi connectivity index (χ4v) is 4.09. The molecule has 2 N–H and O–H groups in total. The molecule has 3 aliphatic rings. The largest absolute Gasteiger partial charge is 0.381 e. The summed E-state index contributed by atoms with van der Waals surface area (Å²) in [6, 6.07) is 0. The van der Waals surface area contributed by atoms with Gasteiger partial charge < -0.3 is 20.1 Å². The molecule has 3 saturated heterocycles. The number of hydrogen-bond donors (Lipinski definition) is 1. The van der Waals surface area contributed by atoms with Gasteiger partial charge in [-0.05, 0) is 31.6 Å². The molecule has 0 saturated carbocycles. The number of morpholine rings is 1. The molecule has 3 aliphatic heterocycles. The molecule has 6 nitrogen and oxygen atoms in total. The Bertz CT molecular complexity index is 403. The molecule has 3 heterocycles. The fourth-order valence-electron chi connectivity index (χ4n) is 4.09. The Morgan fingerprint density at radius 2 is 1.83 bits per heavy atom. The number of nitrogens with zero attached hydrogens (tertiary/aromatic N) is 3. The Balaban J connectivity index is 1.66. The summed E-state index contributed by atoms with van der Waals surface area (Å²) in [7, 11) is 0. The third kappa shape index (κ3) is 4.17. The van der Waals surface area contributed by atoms with Crippen molar-refractivity contribution in [2.75, 3.05) is 59.2 Å². The highest BCUT2D eigenvalue weighted by Crippen LogP contribution is 2.29. The van der Waals surface area contributed by atoms with Crippen LogP contribution in [0.5, 0.6) is 0 Å². The summed E-state index contributed by atoms with van der Waals surface area (Å²) in [6.45, 7) is 10.5. The number of ether oxygens (including phenoxy) is 2. The molecule has 0 aliphatic carbocycles. The van der Waals surface area contributed by atoms with E-state index in [1.807, 2.05) is 0 Å². The minimum atomic E-state index is 0.105. The summed E-state index contributed by atoms with van der Waals surface area (Å²) < 4.78 is 11.1. The molecule has 0 aromatic carbocycles. The summed E-state index contributed by atoms with van der Waals surface area (Å²) in [4.78, 5) is 9.66. The monoisotopic (exact) mass is 324 g/mol. The molecule has 1 unspecified atom stereocenters. The van der Waals surface area contributed by atoms with Crippen LogP contribution in [0.25, 0.3) is 0 Å². The summed E-state index contributed by atoms with van der Waals surface area (Å²) in [5.74, 6) is 1.45.